The Morgan fingerprint density at radius 3 is 2.19 bits per heavy atom. The van der Waals surface area contributed by atoms with E-state index in [2.05, 4.69) is 15.9 Å². The molecule has 0 aromatic rings. The molecule has 21 heavy (non-hydrogen) atoms. The standard InChI is InChI=1S/C10H19NO.H2O7S2/c1-2-3-6-9-7-4-5-8-11-10(9)12;1-8(2,3)7-9(4,5)6/h9H,2-8H2,1H3,(H,11,12);(H,1,2,3)(H,4,5,6). The third-order valence-corrected chi connectivity index (χ3v) is 4.10. The van der Waals surface area contributed by atoms with Crippen molar-refractivity contribution in [2.75, 3.05) is 6.54 Å². The molecule has 9 nitrogen and oxygen atoms in total. The van der Waals surface area contributed by atoms with E-state index in [0.29, 0.717) is 11.8 Å². The van der Waals surface area contributed by atoms with Crippen molar-refractivity contribution in [2.24, 2.45) is 5.92 Å². The van der Waals surface area contributed by atoms with Gasteiger partial charge in [0.15, 0.2) is 0 Å². The van der Waals surface area contributed by atoms with Crippen LogP contribution in [0.25, 0.3) is 0 Å². The Kier molecular flexibility index (Phi) is 8.97. The summed E-state index contributed by atoms with van der Waals surface area (Å²) in [7, 11) is -10.2. The van der Waals surface area contributed by atoms with Gasteiger partial charge < -0.3 is 5.32 Å². The van der Waals surface area contributed by atoms with Crippen molar-refractivity contribution in [3.05, 3.63) is 0 Å². The summed E-state index contributed by atoms with van der Waals surface area (Å²) in [5.74, 6) is 0.605. The van der Waals surface area contributed by atoms with Crippen LogP contribution < -0.4 is 5.32 Å². The average Bonchev–Trinajstić information content (AvgIpc) is 2.47. The van der Waals surface area contributed by atoms with E-state index in [1.54, 1.807) is 0 Å². The first kappa shape index (κ1) is 20.2. The number of carbonyl (C=O) groups excluding carboxylic acids is 1. The van der Waals surface area contributed by atoms with Gasteiger partial charge in [0.05, 0.1) is 0 Å². The van der Waals surface area contributed by atoms with Crippen molar-refractivity contribution in [2.45, 2.75) is 45.4 Å². The minimum atomic E-state index is -5.12. The van der Waals surface area contributed by atoms with Crippen LogP contribution in [0.15, 0.2) is 0 Å². The number of rotatable bonds is 5. The molecule has 0 aromatic heterocycles. The van der Waals surface area contributed by atoms with E-state index >= 15 is 0 Å². The topological polar surface area (TPSA) is 147 Å². The van der Waals surface area contributed by atoms with E-state index < -0.39 is 20.8 Å². The third-order valence-electron chi connectivity index (χ3n) is 2.73. The van der Waals surface area contributed by atoms with E-state index in [9.17, 15) is 21.6 Å². The van der Waals surface area contributed by atoms with Gasteiger partial charge in [-0.2, -0.15) is 16.8 Å². The van der Waals surface area contributed by atoms with Gasteiger partial charge >= 0.3 is 20.8 Å². The molecule has 1 aliphatic rings. The van der Waals surface area contributed by atoms with Crippen LogP contribution >= 0.6 is 0 Å². The molecule has 1 atom stereocenters. The van der Waals surface area contributed by atoms with Gasteiger partial charge in [-0.25, -0.2) is 0 Å². The molecule has 1 fully saturated rings. The second-order valence-electron chi connectivity index (χ2n) is 4.55. The summed E-state index contributed by atoms with van der Waals surface area (Å²) in [6.45, 7) is 3.07. The van der Waals surface area contributed by atoms with E-state index in [0.717, 1.165) is 25.8 Å². The Morgan fingerprint density at radius 2 is 1.76 bits per heavy atom. The first-order valence-electron chi connectivity index (χ1n) is 6.49. The van der Waals surface area contributed by atoms with Crippen LogP contribution in [-0.4, -0.2) is 38.4 Å². The Balaban J connectivity index is 0.000000400. The lowest BCUT2D eigenvalue weighted by atomic mass is 9.96. The molecule has 1 aliphatic heterocycles. The van der Waals surface area contributed by atoms with Gasteiger partial charge in [-0.05, 0) is 19.3 Å². The fraction of sp³-hybridized carbons (Fsp3) is 0.900. The maximum atomic E-state index is 11.4. The van der Waals surface area contributed by atoms with Gasteiger partial charge in [0.2, 0.25) is 5.91 Å². The zero-order valence-corrected chi connectivity index (χ0v) is 13.3. The van der Waals surface area contributed by atoms with Crippen molar-refractivity contribution in [1.29, 1.82) is 0 Å². The fourth-order valence-electron chi connectivity index (χ4n) is 1.84. The predicted octanol–water partition coefficient (Wildman–Crippen LogP) is 0.702. The molecule has 0 spiro atoms. The molecule has 0 bridgehead atoms. The monoisotopic (exact) mass is 347 g/mol. The number of hydrogen-bond donors (Lipinski definition) is 3. The summed E-state index contributed by atoms with van der Waals surface area (Å²) in [5.41, 5.74) is 0. The normalized spacial score (nSPS) is 20.0. The number of unbranched alkanes of at least 4 members (excludes halogenated alkanes) is 1. The zero-order chi connectivity index (χ0) is 16.5. The minimum Gasteiger partial charge on any atom is -0.356 e. The van der Waals surface area contributed by atoms with Gasteiger partial charge in [0.1, 0.15) is 0 Å². The summed E-state index contributed by atoms with van der Waals surface area (Å²) in [6.07, 6.45) is 6.96. The lowest BCUT2D eigenvalue weighted by Crippen LogP contribution is -2.28. The molecule has 0 radical (unpaired) electrons. The molecule has 11 heteroatoms. The average molecular weight is 347 g/mol. The summed E-state index contributed by atoms with van der Waals surface area (Å²) < 4.78 is 55.6. The van der Waals surface area contributed by atoms with Crippen LogP contribution in [0.2, 0.25) is 0 Å². The number of carbonyl (C=O) groups is 1. The highest BCUT2D eigenvalue weighted by Crippen LogP contribution is 2.18. The highest BCUT2D eigenvalue weighted by molar-refractivity contribution is 7.94. The molecule has 0 aliphatic carbocycles. The first-order chi connectivity index (χ1) is 9.55. The van der Waals surface area contributed by atoms with Crippen LogP contribution in [-0.2, 0) is 29.2 Å². The van der Waals surface area contributed by atoms with Crippen LogP contribution in [0.4, 0.5) is 0 Å². The molecular formula is C10H21NO8S2. The molecule has 3 N–H and O–H groups in total. The second kappa shape index (κ2) is 9.30. The van der Waals surface area contributed by atoms with Crippen LogP contribution in [0, 0.1) is 5.92 Å². The Morgan fingerprint density at radius 1 is 1.19 bits per heavy atom. The quantitative estimate of drug-likeness (QED) is 0.616. The van der Waals surface area contributed by atoms with Crippen molar-refractivity contribution in [3.8, 4) is 0 Å². The number of nitrogens with one attached hydrogen (secondary N) is 1. The summed E-state index contributed by atoms with van der Waals surface area (Å²) in [4.78, 5) is 11.4. The van der Waals surface area contributed by atoms with Crippen LogP contribution in [0.5, 0.6) is 0 Å². The third kappa shape index (κ3) is 12.7. The lowest BCUT2D eigenvalue weighted by molar-refractivity contribution is -0.124. The highest BCUT2D eigenvalue weighted by Gasteiger charge is 2.19. The molecule has 1 saturated heterocycles. The van der Waals surface area contributed by atoms with Gasteiger partial charge in [0, 0.05) is 12.5 Å². The molecule has 1 rings (SSSR count). The van der Waals surface area contributed by atoms with E-state index in [1.807, 2.05) is 0 Å². The lowest BCUT2D eigenvalue weighted by Gasteiger charge is -2.11. The molecule has 1 unspecified atom stereocenters. The van der Waals surface area contributed by atoms with E-state index in [-0.39, 0.29) is 0 Å². The molecule has 0 aromatic carbocycles. The molecule has 1 heterocycles. The first-order valence-corrected chi connectivity index (χ1v) is 9.22. The largest absolute Gasteiger partial charge is 0.413 e. The zero-order valence-electron chi connectivity index (χ0n) is 11.7. The maximum Gasteiger partial charge on any atom is 0.413 e. The Bertz CT molecular complexity index is 483. The van der Waals surface area contributed by atoms with E-state index in [1.165, 1.54) is 19.3 Å². The molecule has 0 saturated carbocycles. The number of amides is 1. The van der Waals surface area contributed by atoms with Gasteiger partial charge in [0.25, 0.3) is 0 Å². The Hall–Kier alpha value is -0.750. The fourth-order valence-corrected chi connectivity index (χ4v) is 2.71. The summed E-state index contributed by atoms with van der Waals surface area (Å²) in [6, 6.07) is 0. The predicted molar refractivity (Wildman–Crippen MR) is 74.1 cm³/mol. The van der Waals surface area contributed by atoms with Gasteiger partial charge in [-0.15, -0.1) is 3.63 Å². The van der Waals surface area contributed by atoms with Gasteiger partial charge in [-0.1, -0.05) is 26.2 Å². The summed E-state index contributed by atoms with van der Waals surface area (Å²) in [5, 5.41) is 2.96. The molecule has 1 amide bonds. The van der Waals surface area contributed by atoms with Crippen LogP contribution in [0.3, 0.4) is 0 Å². The molecular weight excluding hydrogens is 326 g/mol. The van der Waals surface area contributed by atoms with Crippen molar-refractivity contribution < 1.29 is 34.4 Å². The van der Waals surface area contributed by atoms with Crippen LogP contribution in [0.1, 0.15) is 45.4 Å². The van der Waals surface area contributed by atoms with E-state index in [4.69, 9.17) is 9.11 Å². The second-order valence-corrected chi connectivity index (χ2v) is 6.80. The van der Waals surface area contributed by atoms with Gasteiger partial charge in [-0.3, -0.25) is 13.9 Å². The maximum absolute atomic E-state index is 11.4. The Labute approximate surface area is 125 Å². The van der Waals surface area contributed by atoms with Crippen molar-refractivity contribution in [3.63, 3.8) is 0 Å². The highest BCUT2D eigenvalue weighted by atomic mass is 32.3. The number of hydrogen-bond acceptors (Lipinski definition) is 6. The van der Waals surface area contributed by atoms with Crippen molar-refractivity contribution in [1.82, 2.24) is 5.32 Å². The SMILES string of the molecule is CCCCC1CCCCNC1=O.O=S(=O)(O)OS(=O)(=O)O. The summed E-state index contributed by atoms with van der Waals surface area (Å²) >= 11 is 0. The molecule has 126 valence electrons. The minimum absolute atomic E-state index is 0.293. The van der Waals surface area contributed by atoms with Crippen molar-refractivity contribution >= 4 is 26.7 Å². The smallest absolute Gasteiger partial charge is 0.356 e.